The third-order valence-corrected chi connectivity index (χ3v) is 8.14. The zero-order valence-corrected chi connectivity index (χ0v) is 22.5. The Morgan fingerprint density at radius 2 is 1.94 bits per heavy atom. The fourth-order valence-corrected chi connectivity index (χ4v) is 5.07. The predicted molar refractivity (Wildman–Crippen MR) is 140 cm³/mol. The van der Waals surface area contributed by atoms with Crippen molar-refractivity contribution in [2.45, 2.75) is 51.6 Å². The van der Waals surface area contributed by atoms with Crippen LogP contribution in [0, 0.1) is 6.92 Å². The summed E-state index contributed by atoms with van der Waals surface area (Å²) in [6, 6.07) is 6.69. The number of anilines is 1. The van der Waals surface area contributed by atoms with Gasteiger partial charge in [-0.1, -0.05) is 26.2 Å². The Morgan fingerprint density at radius 3 is 2.57 bits per heavy atom. The summed E-state index contributed by atoms with van der Waals surface area (Å²) in [5, 5.41) is 0. The number of nitrogens with zero attached hydrogens (tertiary/aromatic N) is 4. The molecule has 0 aliphatic carbocycles. The maximum absolute atomic E-state index is 13.0. The van der Waals surface area contributed by atoms with Crippen molar-refractivity contribution >= 4 is 25.5 Å². The lowest BCUT2D eigenvalue weighted by Gasteiger charge is -2.33. The van der Waals surface area contributed by atoms with Crippen molar-refractivity contribution in [1.29, 1.82) is 0 Å². The van der Waals surface area contributed by atoms with Crippen molar-refractivity contribution in [3.05, 3.63) is 47.8 Å². The molecule has 2 aliphatic heterocycles. The molecule has 0 aromatic carbocycles. The molecule has 1 amide bonds. The first kappa shape index (κ1) is 25.2. The lowest BCUT2D eigenvalue weighted by molar-refractivity contribution is 0.0506. The minimum atomic E-state index is -1.18. The first-order valence-corrected chi connectivity index (χ1v) is 15.9. The maximum atomic E-state index is 13.0. The molecule has 0 unspecified atom stereocenters. The normalized spacial score (nSPS) is 16.6. The Bertz CT molecular complexity index is 1080. The molecular formula is C26H36N4O4Si. The molecular weight excluding hydrogens is 460 g/mol. The lowest BCUT2D eigenvalue weighted by atomic mass is 10.1. The molecule has 1 fully saturated rings. The number of amides is 1. The fourth-order valence-electron chi connectivity index (χ4n) is 4.31. The number of ether oxygens (including phenoxy) is 3. The Morgan fingerprint density at radius 1 is 1.20 bits per heavy atom. The van der Waals surface area contributed by atoms with Crippen LogP contribution in [0.5, 0.6) is 11.6 Å². The van der Waals surface area contributed by atoms with Crippen molar-refractivity contribution in [1.82, 2.24) is 14.9 Å². The zero-order chi connectivity index (χ0) is 25.2. The van der Waals surface area contributed by atoms with E-state index in [-0.39, 0.29) is 18.7 Å². The van der Waals surface area contributed by atoms with Gasteiger partial charge in [-0.25, -0.2) is 9.97 Å². The van der Waals surface area contributed by atoms with Crippen LogP contribution in [0.25, 0.3) is 5.70 Å². The molecule has 1 saturated heterocycles. The molecule has 4 rings (SSSR count). The van der Waals surface area contributed by atoms with Crippen LogP contribution in [-0.4, -0.2) is 68.5 Å². The van der Waals surface area contributed by atoms with Crippen LogP contribution in [-0.2, 0) is 4.74 Å². The number of aromatic nitrogens is 2. The topological polar surface area (TPSA) is 77.0 Å². The molecule has 188 valence electrons. The minimum absolute atomic E-state index is 0.0830. The van der Waals surface area contributed by atoms with Gasteiger partial charge in [0.05, 0.1) is 24.6 Å². The maximum Gasteiger partial charge on any atom is 0.262 e. The van der Waals surface area contributed by atoms with Gasteiger partial charge in [-0.05, 0) is 30.7 Å². The van der Waals surface area contributed by atoms with Crippen molar-refractivity contribution in [3.63, 3.8) is 0 Å². The van der Waals surface area contributed by atoms with Crippen molar-refractivity contribution in [3.8, 4) is 11.6 Å². The number of piperidine rings is 1. The van der Waals surface area contributed by atoms with Gasteiger partial charge in [0.15, 0.2) is 0 Å². The summed E-state index contributed by atoms with van der Waals surface area (Å²) in [6.07, 6.45) is 3.57. The van der Waals surface area contributed by atoms with E-state index in [9.17, 15) is 4.79 Å². The molecule has 35 heavy (non-hydrogen) atoms. The van der Waals surface area contributed by atoms with E-state index in [1.54, 1.807) is 24.3 Å². The van der Waals surface area contributed by atoms with E-state index in [1.165, 1.54) is 0 Å². The molecule has 0 spiro atoms. The average Bonchev–Trinajstić information content (AvgIpc) is 3.05. The smallest absolute Gasteiger partial charge is 0.262 e. The van der Waals surface area contributed by atoms with E-state index < -0.39 is 8.07 Å². The molecule has 0 saturated carbocycles. The van der Waals surface area contributed by atoms with Gasteiger partial charge in [0.1, 0.15) is 30.1 Å². The standard InChI is InChI=1S/C26H36N4O4Si/c1-18-15-22-24(19(2)30(26(22)31)17-33-13-14-35(4,5)6)28-25(18)29-11-9-20(10-12-29)34-21-7-8-23(32-3)27-16-21/h7-8,15-16,20H,2,9-14,17H2,1,3-6H3. The molecule has 4 heterocycles. The van der Waals surface area contributed by atoms with E-state index in [0.29, 0.717) is 29.4 Å². The molecule has 0 radical (unpaired) electrons. The first-order chi connectivity index (χ1) is 16.7. The van der Waals surface area contributed by atoms with Crippen molar-refractivity contribution in [2.75, 3.05) is 38.4 Å². The molecule has 9 heteroatoms. The number of methoxy groups -OCH3 is 1. The summed E-state index contributed by atoms with van der Waals surface area (Å²) in [5.41, 5.74) is 2.87. The van der Waals surface area contributed by atoms with Gasteiger partial charge in [-0.2, -0.15) is 0 Å². The SMILES string of the molecule is C=C1c2nc(N3CCC(Oc4ccc(OC)nc4)CC3)c(C)cc2C(=O)N1COCC[Si](C)(C)C. The molecule has 0 bridgehead atoms. The lowest BCUT2D eigenvalue weighted by Crippen LogP contribution is -2.39. The van der Waals surface area contributed by atoms with E-state index in [4.69, 9.17) is 19.2 Å². The van der Waals surface area contributed by atoms with Crippen molar-refractivity contribution in [2.24, 2.45) is 0 Å². The van der Waals surface area contributed by atoms with Crippen LogP contribution in [0.4, 0.5) is 5.82 Å². The number of pyridine rings is 2. The third-order valence-electron chi connectivity index (χ3n) is 6.44. The highest BCUT2D eigenvalue weighted by Gasteiger charge is 2.34. The summed E-state index contributed by atoms with van der Waals surface area (Å²) in [4.78, 5) is 26.0. The number of aryl methyl sites for hydroxylation is 1. The van der Waals surface area contributed by atoms with Gasteiger partial charge >= 0.3 is 0 Å². The number of carbonyl (C=O) groups excluding carboxylic acids is 1. The quantitative estimate of drug-likeness (QED) is 0.371. The number of hydrogen-bond acceptors (Lipinski definition) is 7. The second-order valence-electron chi connectivity index (χ2n) is 10.4. The Labute approximate surface area is 208 Å². The summed E-state index contributed by atoms with van der Waals surface area (Å²) in [7, 11) is 0.414. The highest BCUT2D eigenvalue weighted by atomic mass is 28.3. The zero-order valence-electron chi connectivity index (χ0n) is 21.5. The average molecular weight is 497 g/mol. The van der Waals surface area contributed by atoms with Crippen LogP contribution < -0.4 is 14.4 Å². The molecule has 8 nitrogen and oxygen atoms in total. The minimum Gasteiger partial charge on any atom is -0.489 e. The van der Waals surface area contributed by atoms with Crippen LogP contribution in [0.2, 0.25) is 25.7 Å². The predicted octanol–water partition coefficient (Wildman–Crippen LogP) is 4.58. The number of fused-ring (bicyclic) bond motifs is 1. The largest absolute Gasteiger partial charge is 0.489 e. The second kappa shape index (κ2) is 10.4. The molecule has 0 atom stereocenters. The summed E-state index contributed by atoms with van der Waals surface area (Å²) >= 11 is 0. The number of rotatable bonds is 9. The van der Waals surface area contributed by atoms with Crippen LogP contribution in [0.1, 0.15) is 34.5 Å². The highest BCUT2D eigenvalue weighted by Crippen LogP contribution is 2.34. The van der Waals surface area contributed by atoms with E-state index >= 15 is 0 Å². The fraction of sp³-hybridized carbons (Fsp3) is 0.500. The Kier molecular flexibility index (Phi) is 7.46. The van der Waals surface area contributed by atoms with E-state index in [0.717, 1.165) is 49.1 Å². The Balaban J connectivity index is 1.37. The van der Waals surface area contributed by atoms with E-state index in [1.807, 2.05) is 19.1 Å². The summed E-state index contributed by atoms with van der Waals surface area (Å²) in [6.45, 7) is 15.6. The second-order valence-corrected chi connectivity index (χ2v) is 16.0. The molecule has 2 aromatic rings. The number of hydrogen-bond donors (Lipinski definition) is 0. The van der Waals surface area contributed by atoms with Gasteiger partial charge in [-0.15, -0.1) is 0 Å². The molecule has 0 N–H and O–H groups in total. The number of carbonyl (C=O) groups is 1. The van der Waals surface area contributed by atoms with Gasteiger partial charge in [-0.3, -0.25) is 9.69 Å². The Hall–Kier alpha value is -2.91. The summed E-state index contributed by atoms with van der Waals surface area (Å²) in [5.74, 6) is 2.14. The van der Waals surface area contributed by atoms with Gasteiger partial charge in [0.2, 0.25) is 5.88 Å². The van der Waals surface area contributed by atoms with Crippen LogP contribution >= 0.6 is 0 Å². The monoisotopic (exact) mass is 496 g/mol. The van der Waals surface area contributed by atoms with Gasteiger partial charge in [0.25, 0.3) is 5.91 Å². The van der Waals surface area contributed by atoms with E-state index in [2.05, 4.69) is 36.1 Å². The van der Waals surface area contributed by atoms with Crippen LogP contribution in [0.15, 0.2) is 31.0 Å². The van der Waals surface area contributed by atoms with Gasteiger partial charge in [0, 0.05) is 46.7 Å². The first-order valence-electron chi connectivity index (χ1n) is 12.2. The third kappa shape index (κ3) is 5.84. The summed E-state index contributed by atoms with van der Waals surface area (Å²) < 4.78 is 17.1. The molecule has 2 aliphatic rings. The molecule has 2 aromatic heterocycles. The van der Waals surface area contributed by atoms with Crippen molar-refractivity contribution < 1.29 is 19.0 Å². The highest BCUT2D eigenvalue weighted by molar-refractivity contribution is 6.76. The van der Waals surface area contributed by atoms with Gasteiger partial charge < -0.3 is 19.1 Å². The van der Waals surface area contributed by atoms with Crippen LogP contribution in [0.3, 0.4) is 0 Å².